The number of rotatable bonds is 6. The highest BCUT2D eigenvalue weighted by Gasteiger charge is 2.02. The number of nitrogens with zero attached hydrogens (tertiary/aromatic N) is 1. The number of hydrogen-bond donors (Lipinski definition) is 2. The first-order valence-corrected chi connectivity index (χ1v) is 5.13. The topological polar surface area (TPSA) is 65.3 Å². The van der Waals surface area contributed by atoms with Gasteiger partial charge in [0.05, 0.1) is 25.2 Å². The Hall–Kier alpha value is -1.57. The van der Waals surface area contributed by atoms with Crippen LogP contribution in [0.5, 0.6) is 0 Å². The second-order valence-electron chi connectivity index (χ2n) is 3.52. The number of aliphatic hydroxyl groups excluding tert-OH is 1. The predicted molar refractivity (Wildman–Crippen MR) is 62.1 cm³/mol. The molecule has 0 saturated carbocycles. The van der Waals surface area contributed by atoms with Crippen molar-refractivity contribution in [3.63, 3.8) is 0 Å². The highest BCUT2D eigenvalue weighted by molar-refractivity contribution is 5.45. The Labute approximate surface area is 95.5 Å². The molecule has 0 aromatic heterocycles. The monoisotopic (exact) mass is 220 g/mol. The molecule has 86 valence electrons. The maximum atomic E-state index is 9.42. The Balaban J connectivity index is 2.40. The summed E-state index contributed by atoms with van der Waals surface area (Å²) < 4.78 is 4.82. The van der Waals surface area contributed by atoms with Gasteiger partial charge in [0, 0.05) is 19.3 Å². The highest BCUT2D eigenvalue weighted by Crippen LogP contribution is 2.09. The van der Waals surface area contributed by atoms with Crippen LogP contribution in [-0.4, -0.2) is 31.5 Å². The van der Waals surface area contributed by atoms with Crippen molar-refractivity contribution in [2.24, 2.45) is 0 Å². The summed E-state index contributed by atoms with van der Waals surface area (Å²) in [6.07, 6.45) is -0.0872. The zero-order valence-electron chi connectivity index (χ0n) is 9.31. The number of ether oxygens (including phenoxy) is 1. The number of methoxy groups -OCH3 is 1. The van der Waals surface area contributed by atoms with Crippen molar-refractivity contribution in [2.45, 2.75) is 12.5 Å². The Morgan fingerprint density at radius 1 is 1.44 bits per heavy atom. The van der Waals surface area contributed by atoms with E-state index >= 15 is 0 Å². The summed E-state index contributed by atoms with van der Waals surface area (Å²) in [6, 6.07) is 9.68. The van der Waals surface area contributed by atoms with Crippen LogP contribution in [0, 0.1) is 11.3 Å². The van der Waals surface area contributed by atoms with Crippen molar-refractivity contribution in [1.82, 2.24) is 0 Å². The minimum absolute atomic E-state index is 0.319. The van der Waals surface area contributed by atoms with Crippen LogP contribution < -0.4 is 5.32 Å². The molecule has 0 aliphatic heterocycles. The molecule has 16 heavy (non-hydrogen) atoms. The maximum absolute atomic E-state index is 9.42. The van der Waals surface area contributed by atoms with E-state index in [1.165, 1.54) is 0 Å². The standard InChI is InChI=1S/C12H16N2O2/c1-16-9-12(15)8-14-11-4-2-10(3-5-11)6-7-13/h2-5,12,14-15H,6,8-9H2,1H3. The van der Waals surface area contributed by atoms with E-state index in [0.717, 1.165) is 11.3 Å². The Bertz CT molecular complexity index is 343. The molecule has 1 atom stereocenters. The molecule has 1 rings (SSSR count). The van der Waals surface area contributed by atoms with Crippen LogP contribution >= 0.6 is 0 Å². The smallest absolute Gasteiger partial charge is 0.0945 e. The fourth-order valence-corrected chi connectivity index (χ4v) is 1.32. The van der Waals surface area contributed by atoms with Crippen LogP contribution in [0.2, 0.25) is 0 Å². The molecular formula is C12H16N2O2. The first-order valence-electron chi connectivity index (χ1n) is 5.13. The summed E-state index contributed by atoms with van der Waals surface area (Å²) in [4.78, 5) is 0. The highest BCUT2D eigenvalue weighted by atomic mass is 16.5. The van der Waals surface area contributed by atoms with Gasteiger partial charge < -0.3 is 15.2 Å². The largest absolute Gasteiger partial charge is 0.389 e. The first kappa shape index (κ1) is 12.5. The first-order chi connectivity index (χ1) is 7.76. The lowest BCUT2D eigenvalue weighted by molar-refractivity contribution is 0.0727. The minimum Gasteiger partial charge on any atom is -0.389 e. The molecule has 4 nitrogen and oxygen atoms in total. The lowest BCUT2D eigenvalue weighted by Crippen LogP contribution is -2.24. The predicted octanol–water partition coefficient (Wildman–Crippen LogP) is 1.17. The molecule has 0 aliphatic carbocycles. The van der Waals surface area contributed by atoms with Crippen molar-refractivity contribution >= 4 is 5.69 Å². The average Bonchev–Trinajstić information content (AvgIpc) is 2.29. The molecule has 0 radical (unpaired) electrons. The van der Waals surface area contributed by atoms with Crippen LogP contribution in [0.3, 0.4) is 0 Å². The summed E-state index contributed by atoms with van der Waals surface area (Å²) >= 11 is 0. The van der Waals surface area contributed by atoms with Gasteiger partial charge in [-0.1, -0.05) is 12.1 Å². The molecule has 0 spiro atoms. The Morgan fingerprint density at radius 3 is 2.69 bits per heavy atom. The third kappa shape index (κ3) is 4.30. The van der Waals surface area contributed by atoms with Crippen molar-refractivity contribution in [3.05, 3.63) is 29.8 Å². The second-order valence-corrected chi connectivity index (χ2v) is 3.52. The molecule has 0 saturated heterocycles. The van der Waals surface area contributed by atoms with E-state index < -0.39 is 6.10 Å². The van der Waals surface area contributed by atoms with Gasteiger partial charge in [-0.15, -0.1) is 0 Å². The van der Waals surface area contributed by atoms with Crippen molar-refractivity contribution < 1.29 is 9.84 Å². The number of anilines is 1. The molecule has 4 heteroatoms. The van der Waals surface area contributed by atoms with Gasteiger partial charge >= 0.3 is 0 Å². The number of nitriles is 1. The van der Waals surface area contributed by atoms with Crippen LogP contribution in [0.15, 0.2) is 24.3 Å². The number of hydrogen-bond acceptors (Lipinski definition) is 4. The summed E-state index contributed by atoms with van der Waals surface area (Å²) in [5.41, 5.74) is 1.92. The fourth-order valence-electron chi connectivity index (χ4n) is 1.32. The third-order valence-corrected chi connectivity index (χ3v) is 2.14. The number of benzene rings is 1. The molecule has 0 fully saturated rings. The summed E-state index contributed by atoms with van der Waals surface area (Å²) in [5.74, 6) is 0. The van der Waals surface area contributed by atoms with Gasteiger partial charge in [0.15, 0.2) is 0 Å². The lowest BCUT2D eigenvalue weighted by atomic mass is 10.1. The lowest BCUT2D eigenvalue weighted by Gasteiger charge is -2.11. The van der Waals surface area contributed by atoms with E-state index in [-0.39, 0.29) is 0 Å². The molecule has 0 bridgehead atoms. The fraction of sp³-hybridized carbons (Fsp3) is 0.417. The molecule has 2 N–H and O–H groups in total. The maximum Gasteiger partial charge on any atom is 0.0945 e. The van der Waals surface area contributed by atoms with Gasteiger partial charge in [0.25, 0.3) is 0 Å². The van der Waals surface area contributed by atoms with Gasteiger partial charge in [-0.3, -0.25) is 0 Å². The summed E-state index contributed by atoms with van der Waals surface area (Å²) in [7, 11) is 1.56. The van der Waals surface area contributed by atoms with Gasteiger partial charge in [-0.2, -0.15) is 5.26 Å². The van der Waals surface area contributed by atoms with Crippen molar-refractivity contribution in [3.8, 4) is 6.07 Å². The van der Waals surface area contributed by atoms with Crippen LogP contribution in [0.1, 0.15) is 5.56 Å². The molecule has 1 aromatic rings. The third-order valence-electron chi connectivity index (χ3n) is 2.14. The van der Waals surface area contributed by atoms with Crippen molar-refractivity contribution in [1.29, 1.82) is 5.26 Å². The van der Waals surface area contributed by atoms with E-state index in [1.807, 2.05) is 24.3 Å². The van der Waals surface area contributed by atoms with Crippen molar-refractivity contribution in [2.75, 3.05) is 25.6 Å². The molecule has 0 amide bonds. The Kier molecular flexibility index (Phi) is 5.34. The van der Waals surface area contributed by atoms with Gasteiger partial charge in [-0.25, -0.2) is 0 Å². The quantitative estimate of drug-likeness (QED) is 0.755. The molecule has 0 heterocycles. The van der Waals surface area contributed by atoms with E-state index in [2.05, 4.69) is 11.4 Å². The zero-order valence-corrected chi connectivity index (χ0v) is 9.31. The Morgan fingerprint density at radius 2 is 2.12 bits per heavy atom. The molecular weight excluding hydrogens is 204 g/mol. The van der Waals surface area contributed by atoms with Crippen LogP contribution in [0.4, 0.5) is 5.69 Å². The summed E-state index contributed by atoms with van der Waals surface area (Å²) in [5, 5.41) is 21.0. The summed E-state index contributed by atoms with van der Waals surface area (Å²) in [6.45, 7) is 0.769. The number of nitrogens with one attached hydrogen (secondary N) is 1. The molecule has 1 unspecified atom stereocenters. The zero-order chi connectivity index (χ0) is 11.8. The van der Waals surface area contributed by atoms with E-state index in [0.29, 0.717) is 19.6 Å². The van der Waals surface area contributed by atoms with Gasteiger partial charge in [0.1, 0.15) is 0 Å². The van der Waals surface area contributed by atoms with Crippen LogP contribution in [0.25, 0.3) is 0 Å². The molecule has 1 aromatic carbocycles. The van der Waals surface area contributed by atoms with E-state index in [1.54, 1.807) is 7.11 Å². The minimum atomic E-state index is -0.510. The van der Waals surface area contributed by atoms with E-state index in [9.17, 15) is 5.11 Å². The average molecular weight is 220 g/mol. The SMILES string of the molecule is COCC(O)CNc1ccc(CC#N)cc1. The normalized spacial score (nSPS) is 11.8. The van der Waals surface area contributed by atoms with E-state index in [4.69, 9.17) is 10.00 Å². The van der Waals surface area contributed by atoms with Gasteiger partial charge in [-0.05, 0) is 17.7 Å². The van der Waals surface area contributed by atoms with Crippen LogP contribution in [-0.2, 0) is 11.2 Å². The number of aliphatic hydroxyl groups is 1. The van der Waals surface area contributed by atoms with Gasteiger partial charge in [0.2, 0.25) is 0 Å². The second kappa shape index (κ2) is 6.83. The molecule has 0 aliphatic rings.